The topological polar surface area (TPSA) is 59.9 Å². The van der Waals surface area contributed by atoms with E-state index in [0.29, 0.717) is 5.88 Å². The summed E-state index contributed by atoms with van der Waals surface area (Å²) in [6, 6.07) is 3.87. The molecule has 2 heterocycles. The fraction of sp³-hybridized carbons (Fsp3) is 0.250. The standard InChI is InChI=1S/C12H14N4O/c1-17-12-4-10(2-3-16-12)5-13-6-11-7-14-9-15-8-11/h2-4,7-9,13H,5-6H2,1H3. The normalized spacial score (nSPS) is 10.2. The molecule has 2 rings (SSSR count). The second kappa shape index (κ2) is 5.91. The number of hydrogen-bond acceptors (Lipinski definition) is 5. The second-order valence-electron chi connectivity index (χ2n) is 3.56. The average molecular weight is 230 g/mol. The Kier molecular flexibility index (Phi) is 3.99. The van der Waals surface area contributed by atoms with Crippen LogP contribution in [-0.4, -0.2) is 22.1 Å². The zero-order chi connectivity index (χ0) is 11.9. The monoisotopic (exact) mass is 230 g/mol. The maximum atomic E-state index is 5.06. The van der Waals surface area contributed by atoms with Gasteiger partial charge in [0.15, 0.2) is 0 Å². The van der Waals surface area contributed by atoms with Crippen LogP contribution in [0.25, 0.3) is 0 Å². The number of methoxy groups -OCH3 is 1. The summed E-state index contributed by atoms with van der Waals surface area (Å²) in [6.45, 7) is 1.50. The van der Waals surface area contributed by atoms with Gasteiger partial charge in [-0.3, -0.25) is 0 Å². The van der Waals surface area contributed by atoms with E-state index in [1.807, 2.05) is 12.1 Å². The van der Waals surface area contributed by atoms with E-state index in [4.69, 9.17) is 4.74 Å². The fourth-order valence-corrected chi connectivity index (χ4v) is 1.44. The lowest BCUT2D eigenvalue weighted by Gasteiger charge is -2.05. The van der Waals surface area contributed by atoms with Crippen LogP contribution >= 0.6 is 0 Å². The summed E-state index contributed by atoms with van der Waals surface area (Å²) in [7, 11) is 1.61. The van der Waals surface area contributed by atoms with Gasteiger partial charge in [0.1, 0.15) is 6.33 Å². The van der Waals surface area contributed by atoms with Gasteiger partial charge in [0.05, 0.1) is 7.11 Å². The van der Waals surface area contributed by atoms with E-state index in [1.165, 1.54) is 6.33 Å². The molecule has 0 radical (unpaired) electrons. The van der Waals surface area contributed by atoms with E-state index in [-0.39, 0.29) is 0 Å². The molecule has 2 aromatic rings. The summed E-state index contributed by atoms with van der Waals surface area (Å²) in [6.07, 6.45) is 6.86. The molecule has 88 valence electrons. The molecule has 5 nitrogen and oxygen atoms in total. The van der Waals surface area contributed by atoms with E-state index in [1.54, 1.807) is 25.7 Å². The van der Waals surface area contributed by atoms with Crippen LogP contribution in [0, 0.1) is 0 Å². The second-order valence-corrected chi connectivity index (χ2v) is 3.56. The molecule has 0 aliphatic heterocycles. The minimum absolute atomic E-state index is 0.632. The van der Waals surface area contributed by atoms with Crippen LogP contribution in [0.15, 0.2) is 37.1 Å². The Morgan fingerprint density at radius 1 is 1.18 bits per heavy atom. The summed E-state index contributed by atoms with van der Waals surface area (Å²) in [5.41, 5.74) is 2.20. The molecule has 2 aromatic heterocycles. The van der Waals surface area contributed by atoms with E-state index < -0.39 is 0 Å². The van der Waals surface area contributed by atoms with Crippen LogP contribution in [0.2, 0.25) is 0 Å². The maximum Gasteiger partial charge on any atom is 0.213 e. The zero-order valence-electron chi connectivity index (χ0n) is 9.63. The van der Waals surface area contributed by atoms with Gasteiger partial charge in [0.2, 0.25) is 5.88 Å². The first-order chi connectivity index (χ1) is 8.38. The van der Waals surface area contributed by atoms with Crippen molar-refractivity contribution in [3.63, 3.8) is 0 Å². The van der Waals surface area contributed by atoms with Crippen LogP contribution in [0.4, 0.5) is 0 Å². The first-order valence-electron chi connectivity index (χ1n) is 5.32. The van der Waals surface area contributed by atoms with Crippen LogP contribution < -0.4 is 10.1 Å². The van der Waals surface area contributed by atoms with Crippen molar-refractivity contribution in [2.45, 2.75) is 13.1 Å². The summed E-state index contributed by atoms with van der Waals surface area (Å²) >= 11 is 0. The van der Waals surface area contributed by atoms with E-state index >= 15 is 0 Å². The molecule has 0 atom stereocenters. The molecule has 0 unspecified atom stereocenters. The largest absolute Gasteiger partial charge is 0.481 e. The Hall–Kier alpha value is -2.01. The summed E-state index contributed by atoms with van der Waals surface area (Å²) < 4.78 is 5.06. The van der Waals surface area contributed by atoms with Crippen molar-refractivity contribution in [1.29, 1.82) is 0 Å². The van der Waals surface area contributed by atoms with Gasteiger partial charge in [-0.1, -0.05) is 0 Å². The Morgan fingerprint density at radius 2 is 1.94 bits per heavy atom. The Balaban J connectivity index is 1.86. The van der Waals surface area contributed by atoms with Gasteiger partial charge in [0.25, 0.3) is 0 Å². The van der Waals surface area contributed by atoms with Gasteiger partial charge in [-0.25, -0.2) is 15.0 Å². The van der Waals surface area contributed by atoms with Gasteiger partial charge in [0, 0.05) is 43.3 Å². The first kappa shape index (κ1) is 11.5. The number of pyridine rings is 1. The molecular formula is C12H14N4O. The number of nitrogens with zero attached hydrogens (tertiary/aromatic N) is 3. The van der Waals surface area contributed by atoms with Crippen molar-refractivity contribution in [2.75, 3.05) is 7.11 Å². The van der Waals surface area contributed by atoms with Crippen molar-refractivity contribution in [2.24, 2.45) is 0 Å². The molecule has 5 heteroatoms. The summed E-state index contributed by atoms with van der Waals surface area (Å²) in [5, 5.41) is 3.31. The van der Waals surface area contributed by atoms with Gasteiger partial charge < -0.3 is 10.1 Å². The highest BCUT2D eigenvalue weighted by molar-refractivity contribution is 5.20. The number of ether oxygens (including phenoxy) is 1. The number of rotatable bonds is 5. The molecular weight excluding hydrogens is 216 g/mol. The van der Waals surface area contributed by atoms with Gasteiger partial charge in [-0.15, -0.1) is 0 Å². The predicted molar refractivity (Wildman–Crippen MR) is 63.4 cm³/mol. The number of hydrogen-bond donors (Lipinski definition) is 1. The first-order valence-corrected chi connectivity index (χ1v) is 5.32. The lowest BCUT2D eigenvalue weighted by atomic mass is 10.2. The lowest BCUT2D eigenvalue weighted by molar-refractivity contribution is 0.397. The molecule has 0 amide bonds. The number of nitrogens with one attached hydrogen (secondary N) is 1. The SMILES string of the molecule is COc1cc(CNCc2cncnc2)ccn1. The van der Waals surface area contributed by atoms with Gasteiger partial charge in [-0.05, 0) is 11.6 Å². The third-order valence-electron chi connectivity index (χ3n) is 2.28. The van der Waals surface area contributed by atoms with Crippen molar-refractivity contribution < 1.29 is 4.74 Å². The molecule has 0 saturated carbocycles. The number of aromatic nitrogens is 3. The maximum absolute atomic E-state index is 5.06. The van der Waals surface area contributed by atoms with E-state index in [9.17, 15) is 0 Å². The predicted octanol–water partition coefficient (Wildman–Crippen LogP) is 1.17. The smallest absolute Gasteiger partial charge is 0.213 e. The van der Waals surface area contributed by atoms with Crippen molar-refractivity contribution in [1.82, 2.24) is 20.3 Å². The van der Waals surface area contributed by atoms with Crippen LogP contribution in [0.1, 0.15) is 11.1 Å². The molecule has 0 saturated heterocycles. The van der Waals surface area contributed by atoms with Crippen molar-refractivity contribution in [3.8, 4) is 5.88 Å². The fourth-order valence-electron chi connectivity index (χ4n) is 1.44. The summed E-state index contributed by atoms with van der Waals surface area (Å²) in [5.74, 6) is 0.632. The van der Waals surface area contributed by atoms with Crippen molar-refractivity contribution >= 4 is 0 Å². The molecule has 0 bridgehead atoms. The van der Waals surface area contributed by atoms with Crippen LogP contribution in [0.3, 0.4) is 0 Å². The highest BCUT2D eigenvalue weighted by Crippen LogP contribution is 2.08. The minimum Gasteiger partial charge on any atom is -0.481 e. The van der Waals surface area contributed by atoms with Crippen molar-refractivity contribution in [3.05, 3.63) is 48.2 Å². The quantitative estimate of drug-likeness (QED) is 0.835. The molecule has 1 N–H and O–H groups in total. The third kappa shape index (κ3) is 3.49. The third-order valence-corrected chi connectivity index (χ3v) is 2.28. The molecule has 0 aliphatic rings. The molecule has 0 aromatic carbocycles. The van der Waals surface area contributed by atoms with Crippen LogP contribution in [-0.2, 0) is 13.1 Å². The molecule has 17 heavy (non-hydrogen) atoms. The van der Waals surface area contributed by atoms with E-state index in [2.05, 4.69) is 20.3 Å². The minimum atomic E-state index is 0.632. The Labute approximate surface area is 99.9 Å². The Morgan fingerprint density at radius 3 is 2.71 bits per heavy atom. The van der Waals surface area contributed by atoms with Gasteiger partial charge in [-0.2, -0.15) is 0 Å². The van der Waals surface area contributed by atoms with Crippen LogP contribution in [0.5, 0.6) is 5.88 Å². The lowest BCUT2D eigenvalue weighted by Crippen LogP contribution is -2.13. The molecule has 0 aliphatic carbocycles. The van der Waals surface area contributed by atoms with Gasteiger partial charge >= 0.3 is 0 Å². The average Bonchev–Trinajstić information content (AvgIpc) is 2.40. The highest BCUT2D eigenvalue weighted by atomic mass is 16.5. The zero-order valence-corrected chi connectivity index (χ0v) is 9.63. The highest BCUT2D eigenvalue weighted by Gasteiger charge is 1.97. The van der Waals surface area contributed by atoms with E-state index in [0.717, 1.165) is 24.2 Å². The molecule has 0 spiro atoms. The Bertz CT molecular complexity index is 461. The summed E-state index contributed by atoms with van der Waals surface area (Å²) in [4.78, 5) is 12.0. The molecule has 0 fully saturated rings.